The zero-order valence-electron chi connectivity index (χ0n) is 15.5. The summed E-state index contributed by atoms with van der Waals surface area (Å²) >= 11 is 0. The third-order valence-corrected chi connectivity index (χ3v) is 5.92. The number of carbonyl (C=O) groups excluding carboxylic acids is 1. The van der Waals surface area contributed by atoms with Crippen LogP contribution in [0.25, 0.3) is 0 Å². The number of rotatable bonds is 3. The summed E-state index contributed by atoms with van der Waals surface area (Å²) in [6, 6.07) is 7.93. The van der Waals surface area contributed by atoms with Gasteiger partial charge < -0.3 is 20.1 Å². The van der Waals surface area contributed by atoms with Crippen molar-refractivity contribution in [3.05, 3.63) is 35.4 Å². The predicted molar refractivity (Wildman–Crippen MR) is 97.7 cm³/mol. The minimum Gasteiger partial charge on any atom is -0.386 e. The van der Waals surface area contributed by atoms with E-state index in [0.717, 1.165) is 31.2 Å². The van der Waals surface area contributed by atoms with Crippen LogP contribution in [0.1, 0.15) is 49.0 Å². The molecule has 1 aromatic rings. The molecule has 2 fully saturated rings. The quantitative estimate of drug-likeness (QED) is 0.879. The van der Waals surface area contributed by atoms with Gasteiger partial charge in [0, 0.05) is 24.7 Å². The fraction of sp³-hybridized carbons (Fsp3) is 0.650. The lowest BCUT2D eigenvalue weighted by molar-refractivity contribution is -0.189. The van der Waals surface area contributed by atoms with E-state index in [9.17, 15) is 9.90 Å². The minimum absolute atomic E-state index is 0.0186. The highest BCUT2D eigenvalue weighted by Crippen LogP contribution is 2.38. The van der Waals surface area contributed by atoms with Crippen LogP contribution in [-0.4, -0.2) is 59.9 Å². The number of benzene rings is 1. The first-order valence-corrected chi connectivity index (χ1v) is 9.31. The average molecular weight is 346 g/mol. The first-order chi connectivity index (χ1) is 11.9. The fourth-order valence-corrected chi connectivity index (χ4v) is 4.00. The first-order valence-electron chi connectivity index (χ1n) is 9.31. The van der Waals surface area contributed by atoms with Gasteiger partial charge in [0.05, 0.1) is 12.2 Å². The van der Waals surface area contributed by atoms with E-state index in [1.807, 2.05) is 43.1 Å². The number of hydrogen-bond acceptors (Lipinski definition) is 4. The highest BCUT2D eigenvalue weighted by atomic mass is 16.5. The van der Waals surface area contributed by atoms with Crippen LogP contribution in [0.15, 0.2) is 24.3 Å². The number of aliphatic hydroxyl groups is 1. The third-order valence-electron chi connectivity index (χ3n) is 5.92. The van der Waals surface area contributed by atoms with Crippen LogP contribution in [0.3, 0.4) is 0 Å². The monoisotopic (exact) mass is 346 g/mol. The molecule has 2 saturated heterocycles. The van der Waals surface area contributed by atoms with E-state index in [0.29, 0.717) is 19.7 Å². The molecule has 0 saturated carbocycles. The van der Waals surface area contributed by atoms with Gasteiger partial charge in [-0.1, -0.05) is 19.1 Å². The molecule has 2 heterocycles. The van der Waals surface area contributed by atoms with Crippen LogP contribution < -0.4 is 5.32 Å². The Bertz CT molecular complexity index is 604. The highest BCUT2D eigenvalue weighted by Gasteiger charge is 2.48. The third kappa shape index (κ3) is 3.73. The highest BCUT2D eigenvalue weighted by molar-refractivity contribution is 5.94. The molecule has 3 rings (SSSR count). The van der Waals surface area contributed by atoms with Crippen molar-refractivity contribution < 1.29 is 14.6 Å². The number of likely N-dealkylation sites (tertiary alicyclic amines) is 1. The second-order valence-corrected chi connectivity index (χ2v) is 7.72. The van der Waals surface area contributed by atoms with E-state index < -0.39 is 5.60 Å². The van der Waals surface area contributed by atoms with Crippen LogP contribution in [0.5, 0.6) is 0 Å². The molecule has 1 amide bonds. The summed E-state index contributed by atoms with van der Waals surface area (Å²) in [5.41, 5.74) is 0.941. The summed E-state index contributed by atoms with van der Waals surface area (Å²) in [7, 11) is 1.89. The second-order valence-electron chi connectivity index (χ2n) is 7.72. The topological polar surface area (TPSA) is 61.8 Å². The van der Waals surface area contributed by atoms with Gasteiger partial charge in [0.25, 0.3) is 5.91 Å². The van der Waals surface area contributed by atoms with Crippen molar-refractivity contribution in [2.75, 3.05) is 26.7 Å². The zero-order chi connectivity index (χ0) is 18.1. The number of nitrogens with one attached hydrogen (secondary N) is 1. The second kappa shape index (κ2) is 7.06. The molecule has 2 aliphatic rings. The number of nitrogens with zero attached hydrogens (tertiary/aromatic N) is 1. The standard InChI is InChI=1S/C20H30N2O3/c1-4-15-5-7-16(8-6-15)18(23)22-11-9-20(10-12-22)13-17(21-3)19(2,24)14-25-20/h5-8,17,21,24H,4,9-14H2,1-3H3/t17-,19-/m0/s1. The Morgan fingerprint density at radius 2 is 1.96 bits per heavy atom. The van der Waals surface area contributed by atoms with Crippen molar-refractivity contribution in [2.24, 2.45) is 0 Å². The number of aryl methyl sites for hydroxylation is 1. The molecular weight excluding hydrogens is 316 g/mol. The lowest BCUT2D eigenvalue weighted by atomic mass is 9.77. The van der Waals surface area contributed by atoms with Crippen molar-refractivity contribution in [3.63, 3.8) is 0 Å². The molecule has 2 N–H and O–H groups in total. The lowest BCUT2D eigenvalue weighted by Gasteiger charge is -2.50. The summed E-state index contributed by atoms with van der Waals surface area (Å²) in [6.07, 6.45) is 3.40. The number of piperidine rings is 1. The summed E-state index contributed by atoms with van der Waals surface area (Å²) in [6.45, 7) is 5.67. The largest absolute Gasteiger partial charge is 0.386 e. The van der Waals surface area contributed by atoms with Crippen LogP contribution in [0.2, 0.25) is 0 Å². The zero-order valence-corrected chi connectivity index (χ0v) is 15.5. The summed E-state index contributed by atoms with van der Waals surface area (Å²) in [5.74, 6) is 0.102. The molecule has 5 heteroatoms. The van der Waals surface area contributed by atoms with Crippen molar-refractivity contribution >= 4 is 5.91 Å². The molecule has 2 aliphatic heterocycles. The van der Waals surface area contributed by atoms with Crippen molar-refractivity contribution in [1.29, 1.82) is 0 Å². The van der Waals surface area contributed by atoms with Gasteiger partial charge in [-0.15, -0.1) is 0 Å². The Morgan fingerprint density at radius 3 is 2.52 bits per heavy atom. The maximum absolute atomic E-state index is 12.7. The summed E-state index contributed by atoms with van der Waals surface area (Å²) < 4.78 is 6.09. The Morgan fingerprint density at radius 1 is 1.32 bits per heavy atom. The number of hydrogen-bond donors (Lipinski definition) is 2. The van der Waals surface area contributed by atoms with Gasteiger partial charge >= 0.3 is 0 Å². The molecular formula is C20H30N2O3. The van der Waals surface area contributed by atoms with E-state index in [4.69, 9.17) is 4.74 Å². The lowest BCUT2D eigenvalue weighted by Crippen LogP contribution is -2.62. The van der Waals surface area contributed by atoms with Crippen LogP contribution in [-0.2, 0) is 11.2 Å². The molecule has 0 unspecified atom stereocenters. The molecule has 1 spiro atoms. The van der Waals surface area contributed by atoms with Gasteiger partial charge in [0.1, 0.15) is 5.60 Å². The van der Waals surface area contributed by atoms with Crippen molar-refractivity contribution in [2.45, 2.75) is 56.8 Å². The minimum atomic E-state index is -0.839. The van der Waals surface area contributed by atoms with E-state index >= 15 is 0 Å². The number of amides is 1. The maximum Gasteiger partial charge on any atom is 0.253 e. The fourth-order valence-electron chi connectivity index (χ4n) is 4.00. The number of ether oxygens (including phenoxy) is 1. The first kappa shape index (κ1) is 18.4. The molecule has 0 bridgehead atoms. The average Bonchev–Trinajstić information content (AvgIpc) is 2.64. The van der Waals surface area contributed by atoms with Gasteiger partial charge in [0.15, 0.2) is 0 Å². The Hall–Kier alpha value is -1.43. The van der Waals surface area contributed by atoms with Gasteiger partial charge in [-0.05, 0) is 57.4 Å². The normalized spacial score (nSPS) is 29.0. The molecule has 138 valence electrons. The van der Waals surface area contributed by atoms with E-state index in [-0.39, 0.29) is 17.6 Å². The van der Waals surface area contributed by atoms with Gasteiger partial charge in [-0.3, -0.25) is 4.79 Å². The Kier molecular flexibility index (Phi) is 5.19. The van der Waals surface area contributed by atoms with Crippen LogP contribution >= 0.6 is 0 Å². The summed E-state index contributed by atoms with van der Waals surface area (Å²) in [4.78, 5) is 14.7. The number of likely N-dealkylation sites (N-methyl/N-ethyl adjacent to an activating group) is 1. The van der Waals surface area contributed by atoms with Crippen LogP contribution in [0, 0.1) is 0 Å². The Balaban J connectivity index is 1.62. The molecule has 1 aromatic carbocycles. The smallest absolute Gasteiger partial charge is 0.253 e. The molecule has 0 aromatic heterocycles. The van der Waals surface area contributed by atoms with E-state index in [1.54, 1.807) is 0 Å². The summed E-state index contributed by atoms with van der Waals surface area (Å²) in [5, 5.41) is 13.7. The molecule has 0 aliphatic carbocycles. The molecule has 25 heavy (non-hydrogen) atoms. The van der Waals surface area contributed by atoms with Gasteiger partial charge in [-0.2, -0.15) is 0 Å². The van der Waals surface area contributed by atoms with Gasteiger partial charge in [0.2, 0.25) is 0 Å². The SMILES string of the molecule is CCc1ccc(C(=O)N2CCC3(CC2)C[C@H](NC)[C@@](C)(O)CO3)cc1. The molecule has 5 nitrogen and oxygen atoms in total. The number of carbonyl (C=O) groups is 1. The van der Waals surface area contributed by atoms with Crippen LogP contribution in [0.4, 0.5) is 0 Å². The molecule has 2 atom stereocenters. The Labute approximate surface area is 150 Å². The maximum atomic E-state index is 12.7. The van der Waals surface area contributed by atoms with E-state index in [1.165, 1.54) is 5.56 Å². The van der Waals surface area contributed by atoms with Crippen molar-refractivity contribution in [3.8, 4) is 0 Å². The predicted octanol–water partition coefficient (Wildman–Crippen LogP) is 1.98. The van der Waals surface area contributed by atoms with E-state index in [2.05, 4.69) is 12.2 Å². The van der Waals surface area contributed by atoms with Crippen molar-refractivity contribution in [1.82, 2.24) is 10.2 Å². The van der Waals surface area contributed by atoms with Gasteiger partial charge in [-0.25, -0.2) is 0 Å². The molecule has 0 radical (unpaired) electrons.